The quantitative estimate of drug-likeness (QED) is 0.588. The SMILES string of the molecule is Cc1ccc(N2C(=O)CS[C@H]2c2ccccc2NC(=O)c2ccc(Cl)cc2)cc1. The van der Waals surface area contributed by atoms with Crippen LogP contribution < -0.4 is 10.2 Å². The van der Waals surface area contributed by atoms with E-state index in [9.17, 15) is 9.59 Å². The van der Waals surface area contributed by atoms with E-state index in [0.29, 0.717) is 22.0 Å². The standard InChI is InChI=1S/C23H19ClN2O2S/c1-15-6-12-18(13-7-15)26-21(27)14-29-23(26)19-4-2-3-5-20(19)25-22(28)16-8-10-17(24)11-9-16/h2-13,23H,14H2,1H3,(H,25,28)/t23-/m0/s1. The molecule has 0 bridgehead atoms. The molecule has 1 heterocycles. The van der Waals surface area contributed by atoms with Crippen LogP contribution in [0.4, 0.5) is 11.4 Å². The van der Waals surface area contributed by atoms with Gasteiger partial charge >= 0.3 is 0 Å². The number of aryl methyl sites for hydroxylation is 1. The molecule has 4 rings (SSSR count). The van der Waals surface area contributed by atoms with E-state index in [1.165, 1.54) is 0 Å². The number of carbonyl (C=O) groups excluding carboxylic acids is 2. The normalized spacial score (nSPS) is 16.1. The molecule has 0 radical (unpaired) electrons. The summed E-state index contributed by atoms with van der Waals surface area (Å²) in [5.41, 5.74) is 4.10. The summed E-state index contributed by atoms with van der Waals surface area (Å²) in [6.07, 6.45) is 0. The average molecular weight is 423 g/mol. The third-order valence-corrected chi connectivity index (χ3v) is 6.21. The van der Waals surface area contributed by atoms with Gasteiger partial charge in [0.05, 0.1) is 5.75 Å². The highest BCUT2D eigenvalue weighted by molar-refractivity contribution is 8.00. The number of nitrogens with zero attached hydrogens (tertiary/aromatic N) is 1. The summed E-state index contributed by atoms with van der Waals surface area (Å²) in [4.78, 5) is 27.1. The summed E-state index contributed by atoms with van der Waals surface area (Å²) < 4.78 is 0. The zero-order chi connectivity index (χ0) is 20.4. The summed E-state index contributed by atoms with van der Waals surface area (Å²) in [7, 11) is 0. The smallest absolute Gasteiger partial charge is 0.255 e. The van der Waals surface area contributed by atoms with Crippen molar-refractivity contribution in [2.45, 2.75) is 12.3 Å². The number of nitrogens with one attached hydrogen (secondary N) is 1. The highest BCUT2D eigenvalue weighted by Crippen LogP contribution is 2.44. The lowest BCUT2D eigenvalue weighted by molar-refractivity contribution is -0.115. The lowest BCUT2D eigenvalue weighted by Crippen LogP contribution is -2.28. The molecular weight excluding hydrogens is 404 g/mol. The van der Waals surface area contributed by atoms with Crippen LogP contribution >= 0.6 is 23.4 Å². The first kappa shape index (κ1) is 19.6. The molecule has 1 fully saturated rings. The van der Waals surface area contributed by atoms with Gasteiger partial charge < -0.3 is 5.32 Å². The molecule has 2 amide bonds. The molecule has 1 N–H and O–H groups in total. The fourth-order valence-electron chi connectivity index (χ4n) is 3.26. The predicted molar refractivity (Wildman–Crippen MR) is 120 cm³/mol. The van der Waals surface area contributed by atoms with Gasteiger partial charge in [-0.05, 0) is 49.4 Å². The van der Waals surface area contributed by atoms with Crippen molar-refractivity contribution in [3.8, 4) is 0 Å². The second-order valence-electron chi connectivity index (χ2n) is 6.81. The summed E-state index contributed by atoms with van der Waals surface area (Å²) in [6, 6.07) is 22.3. The Kier molecular flexibility index (Phi) is 5.60. The maximum atomic E-state index is 12.7. The van der Waals surface area contributed by atoms with Gasteiger partial charge in [0.1, 0.15) is 5.37 Å². The minimum Gasteiger partial charge on any atom is -0.322 e. The first-order valence-corrected chi connectivity index (χ1v) is 10.6. The number of hydrogen-bond acceptors (Lipinski definition) is 3. The van der Waals surface area contributed by atoms with E-state index in [1.54, 1.807) is 40.9 Å². The van der Waals surface area contributed by atoms with E-state index in [2.05, 4.69) is 5.32 Å². The summed E-state index contributed by atoms with van der Waals surface area (Å²) >= 11 is 7.47. The van der Waals surface area contributed by atoms with Gasteiger partial charge in [-0.15, -0.1) is 11.8 Å². The lowest BCUT2D eigenvalue weighted by atomic mass is 10.1. The van der Waals surface area contributed by atoms with Crippen LogP contribution in [-0.2, 0) is 4.79 Å². The Bertz CT molecular complexity index is 1050. The van der Waals surface area contributed by atoms with Crippen molar-refractivity contribution in [2.24, 2.45) is 0 Å². The Morgan fingerprint density at radius 2 is 1.72 bits per heavy atom. The van der Waals surface area contributed by atoms with Gasteiger partial charge in [0.2, 0.25) is 5.91 Å². The number of carbonyl (C=O) groups is 2. The Hall–Kier alpha value is -2.76. The molecule has 3 aromatic carbocycles. The van der Waals surface area contributed by atoms with Crippen LogP contribution in [0.25, 0.3) is 0 Å². The maximum Gasteiger partial charge on any atom is 0.255 e. The largest absolute Gasteiger partial charge is 0.322 e. The summed E-state index contributed by atoms with van der Waals surface area (Å²) in [5, 5.41) is 3.36. The average Bonchev–Trinajstić information content (AvgIpc) is 3.11. The van der Waals surface area contributed by atoms with Crippen LogP contribution in [-0.4, -0.2) is 17.6 Å². The molecule has 0 aliphatic carbocycles. The highest BCUT2D eigenvalue weighted by atomic mass is 35.5. The number of halogens is 1. The van der Waals surface area contributed by atoms with Crippen molar-refractivity contribution in [3.05, 3.63) is 94.5 Å². The van der Waals surface area contributed by atoms with Crippen molar-refractivity contribution >= 4 is 46.6 Å². The van der Waals surface area contributed by atoms with Gasteiger partial charge in [0, 0.05) is 27.5 Å². The van der Waals surface area contributed by atoms with Crippen molar-refractivity contribution in [1.82, 2.24) is 0 Å². The molecule has 1 aliphatic rings. The van der Waals surface area contributed by atoms with Crippen LogP contribution in [0.1, 0.15) is 26.9 Å². The van der Waals surface area contributed by atoms with Crippen molar-refractivity contribution in [2.75, 3.05) is 16.0 Å². The molecule has 1 saturated heterocycles. The van der Waals surface area contributed by atoms with E-state index >= 15 is 0 Å². The number of benzene rings is 3. The molecule has 146 valence electrons. The van der Waals surface area contributed by atoms with E-state index < -0.39 is 0 Å². The third kappa shape index (κ3) is 4.16. The zero-order valence-corrected chi connectivity index (χ0v) is 17.3. The van der Waals surface area contributed by atoms with Gasteiger partial charge in [-0.3, -0.25) is 14.5 Å². The summed E-state index contributed by atoms with van der Waals surface area (Å²) in [6.45, 7) is 2.02. The lowest BCUT2D eigenvalue weighted by Gasteiger charge is -2.26. The third-order valence-electron chi connectivity index (χ3n) is 4.76. The fraction of sp³-hybridized carbons (Fsp3) is 0.130. The molecule has 29 heavy (non-hydrogen) atoms. The Morgan fingerprint density at radius 1 is 1.03 bits per heavy atom. The number of hydrogen-bond donors (Lipinski definition) is 1. The molecule has 0 unspecified atom stereocenters. The van der Waals surface area contributed by atoms with Crippen molar-refractivity contribution < 1.29 is 9.59 Å². The molecule has 3 aromatic rings. The van der Waals surface area contributed by atoms with E-state index in [4.69, 9.17) is 11.6 Å². The molecule has 6 heteroatoms. The number of amides is 2. The number of thioether (sulfide) groups is 1. The van der Waals surface area contributed by atoms with Crippen LogP contribution in [0.15, 0.2) is 72.8 Å². The van der Waals surface area contributed by atoms with E-state index in [1.807, 2.05) is 55.5 Å². The van der Waals surface area contributed by atoms with Gasteiger partial charge in [-0.2, -0.15) is 0 Å². The van der Waals surface area contributed by atoms with Crippen molar-refractivity contribution in [3.63, 3.8) is 0 Å². The molecule has 0 aromatic heterocycles. The van der Waals surface area contributed by atoms with Gasteiger partial charge in [0.25, 0.3) is 5.91 Å². The first-order chi connectivity index (χ1) is 14.0. The van der Waals surface area contributed by atoms with Gasteiger partial charge in [-0.25, -0.2) is 0 Å². The van der Waals surface area contributed by atoms with Crippen LogP contribution in [0.5, 0.6) is 0 Å². The molecule has 1 atom stereocenters. The second kappa shape index (κ2) is 8.31. The van der Waals surface area contributed by atoms with Crippen LogP contribution in [0, 0.1) is 6.92 Å². The first-order valence-electron chi connectivity index (χ1n) is 9.19. The molecule has 0 saturated carbocycles. The van der Waals surface area contributed by atoms with Crippen molar-refractivity contribution in [1.29, 1.82) is 0 Å². The number of rotatable bonds is 4. The Labute approximate surface area is 178 Å². The minimum absolute atomic E-state index is 0.0580. The monoisotopic (exact) mass is 422 g/mol. The fourth-order valence-corrected chi connectivity index (χ4v) is 4.60. The van der Waals surface area contributed by atoms with E-state index in [0.717, 1.165) is 16.8 Å². The van der Waals surface area contributed by atoms with Gasteiger partial charge in [-0.1, -0.05) is 47.5 Å². The molecule has 1 aliphatic heterocycles. The van der Waals surface area contributed by atoms with Crippen LogP contribution in [0.2, 0.25) is 5.02 Å². The molecule has 0 spiro atoms. The van der Waals surface area contributed by atoms with E-state index in [-0.39, 0.29) is 17.2 Å². The Balaban J connectivity index is 1.65. The predicted octanol–water partition coefficient (Wildman–Crippen LogP) is 5.68. The number of para-hydroxylation sites is 1. The zero-order valence-electron chi connectivity index (χ0n) is 15.8. The molecular formula is C23H19ClN2O2S. The number of anilines is 2. The highest BCUT2D eigenvalue weighted by Gasteiger charge is 2.35. The molecule has 4 nitrogen and oxygen atoms in total. The Morgan fingerprint density at radius 3 is 2.45 bits per heavy atom. The minimum atomic E-state index is -0.217. The summed E-state index contributed by atoms with van der Waals surface area (Å²) in [5.74, 6) is 0.242. The van der Waals surface area contributed by atoms with Gasteiger partial charge in [0.15, 0.2) is 0 Å². The maximum absolute atomic E-state index is 12.7. The van der Waals surface area contributed by atoms with Crippen LogP contribution in [0.3, 0.4) is 0 Å². The second-order valence-corrected chi connectivity index (χ2v) is 8.32. The topological polar surface area (TPSA) is 49.4 Å².